The first-order valence-electron chi connectivity index (χ1n) is 5.72. The summed E-state index contributed by atoms with van der Waals surface area (Å²) in [7, 11) is 0. The number of benzene rings is 1. The molecule has 2 aromatic rings. The summed E-state index contributed by atoms with van der Waals surface area (Å²) < 4.78 is 3.79. The van der Waals surface area contributed by atoms with Crippen LogP contribution in [0.4, 0.5) is 5.69 Å². The minimum Gasteiger partial charge on any atom is -0.324 e. The number of nitrogens with zero attached hydrogens (tertiary/aromatic N) is 2. The molecule has 0 saturated heterocycles. The summed E-state index contributed by atoms with van der Waals surface area (Å²) in [6.07, 6.45) is 0. The molecule has 1 heterocycles. The molecule has 100 valence electrons. The zero-order valence-corrected chi connectivity index (χ0v) is 14.3. The van der Waals surface area contributed by atoms with Crippen LogP contribution in [0.25, 0.3) is 0 Å². The van der Waals surface area contributed by atoms with Gasteiger partial charge in [0.2, 0.25) is 5.91 Å². The van der Waals surface area contributed by atoms with Gasteiger partial charge in [0, 0.05) is 9.26 Å². The zero-order chi connectivity index (χ0) is 14.0. The van der Waals surface area contributed by atoms with E-state index in [4.69, 9.17) is 0 Å². The molecule has 0 aliphatic heterocycles. The molecular weight excluding hydrogens is 421 g/mol. The first kappa shape index (κ1) is 14.5. The SMILES string of the molecule is Cc1nn(CC(=O)Nc2ccc(I)cc2)c(C)c1Br. The molecule has 0 saturated carbocycles. The third-order valence-corrected chi connectivity index (χ3v) is 4.58. The molecule has 0 aliphatic rings. The molecular formula is C13H13BrIN3O. The lowest BCUT2D eigenvalue weighted by Gasteiger charge is -2.07. The van der Waals surface area contributed by atoms with E-state index >= 15 is 0 Å². The number of hydrogen-bond donors (Lipinski definition) is 1. The van der Waals surface area contributed by atoms with Crippen molar-refractivity contribution >= 4 is 50.1 Å². The Morgan fingerprint density at radius 2 is 2.00 bits per heavy atom. The van der Waals surface area contributed by atoms with E-state index in [1.54, 1.807) is 4.68 Å². The molecule has 0 bridgehead atoms. The molecule has 4 nitrogen and oxygen atoms in total. The fraction of sp³-hybridized carbons (Fsp3) is 0.231. The van der Waals surface area contributed by atoms with Crippen molar-refractivity contribution in [1.29, 1.82) is 0 Å². The highest BCUT2D eigenvalue weighted by Crippen LogP contribution is 2.19. The zero-order valence-electron chi connectivity index (χ0n) is 10.6. The van der Waals surface area contributed by atoms with Gasteiger partial charge in [0.1, 0.15) is 6.54 Å². The molecule has 0 radical (unpaired) electrons. The number of amides is 1. The largest absolute Gasteiger partial charge is 0.324 e. The second kappa shape index (κ2) is 6.04. The second-order valence-corrected chi connectivity index (χ2v) is 6.24. The van der Waals surface area contributed by atoms with Crippen LogP contribution in [-0.4, -0.2) is 15.7 Å². The Balaban J connectivity index is 2.05. The van der Waals surface area contributed by atoms with Gasteiger partial charge in [0.05, 0.1) is 15.9 Å². The van der Waals surface area contributed by atoms with Gasteiger partial charge >= 0.3 is 0 Å². The van der Waals surface area contributed by atoms with Gasteiger partial charge in [-0.1, -0.05) is 0 Å². The standard InChI is InChI=1S/C13H13BrIN3O/c1-8-13(14)9(2)18(17-8)7-12(19)16-11-5-3-10(15)4-6-11/h3-6H,7H2,1-2H3,(H,16,19). The van der Waals surface area contributed by atoms with Crippen LogP contribution >= 0.6 is 38.5 Å². The fourth-order valence-corrected chi connectivity index (χ4v) is 2.34. The van der Waals surface area contributed by atoms with Crippen LogP contribution < -0.4 is 5.32 Å². The summed E-state index contributed by atoms with van der Waals surface area (Å²) in [6, 6.07) is 7.68. The third kappa shape index (κ3) is 3.56. The molecule has 2 rings (SSSR count). The predicted molar refractivity (Wildman–Crippen MR) is 87.2 cm³/mol. The Kier molecular flexibility index (Phi) is 4.62. The molecule has 0 aliphatic carbocycles. The number of aromatic nitrogens is 2. The quantitative estimate of drug-likeness (QED) is 0.753. The lowest BCUT2D eigenvalue weighted by atomic mass is 10.3. The Labute approximate surface area is 133 Å². The summed E-state index contributed by atoms with van der Waals surface area (Å²) in [5, 5.41) is 7.17. The highest BCUT2D eigenvalue weighted by molar-refractivity contribution is 14.1. The van der Waals surface area contributed by atoms with Crippen molar-refractivity contribution in [3.8, 4) is 0 Å². The number of carbonyl (C=O) groups is 1. The van der Waals surface area contributed by atoms with E-state index in [0.29, 0.717) is 0 Å². The fourth-order valence-electron chi connectivity index (χ4n) is 1.70. The predicted octanol–water partition coefficient (Wildman–Crippen LogP) is 3.51. The van der Waals surface area contributed by atoms with Gasteiger partial charge in [0.25, 0.3) is 0 Å². The molecule has 19 heavy (non-hydrogen) atoms. The number of anilines is 1. The Bertz CT molecular complexity index is 607. The lowest BCUT2D eigenvalue weighted by molar-refractivity contribution is -0.116. The number of halogens is 2. The van der Waals surface area contributed by atoms with Gasteiger partial charge in [-0.3, -0.25) is 9.48 Å². The molecule has 1 N–H and O–H groups in total. The maximum Gasteiger partial charge on any atom is 0.246 e. The summed E-state index contributed by atoms with van der Waals surface area (Å²) in [5.74, 6) is -0.0840. The average molecular weight is 434 g/mol. The number of rotatable bonds is 3. The van der Waals surface area contributed by atoms with Crippen molar-refractivity contribution in [3.63, 3.8) is 0 Å². The Morgan fingerprint density at radius 1 is 1.37 bits per heavy atom. The summed E-state index contributed by atoms with van der Waals surface area (Å²) in [5.41, 5.74) is 2.64. The van der Waals surface area contributed by atoms with Crippen LogP contribution in [0.3, 0.4) is 0 Å². The Hall–Kier alpha value is -0.890. The molecule has 6 heteroatoms. The van der Waals surface area contributed by atoms with Gasteiger partial charge in [-0.25, -0.2) is 0 Å². The highest BCUT2D eigenvalue weighted by Gasteiger charge is 2.11. The van der Waals surface area contributed by atoms with E-state index in [9.17, 15) is 4.79 Å². The van der Waals surface area contributed by atoms with Crippen molar-refractivity contribution in [1.82, 2.24) is 9.78 Å². The Morgan fingerprint density at radius 3 is 2.53 bits per heavy atom. The van der Waals surface area contributed by atoms with Crippen molar-refractivity contribution < 1.29 is 4.79 Å². The van der Waals surface area contributed by atoms with E-state index < -0.39 is 0 Å². The van der Waals surface area contributed by atoms with Gasteiger partial charge in [-0.2, -0.15) is 5.10 Å². The summed E-state index contributed by atoms with van der Waals surface area (Å²) in [4.78, 5) is 12.0. The second-order valence-electron chi connectivity index (χ2n) is 4.20. The maximum absolute atomic E-state index is 12.0. The molecule has 1 aromatic heterocycles. The minimum atomic E-state index is -0.0840. The van der Waals surface area contributed by atoms with Crippen LogP contribution in [0.1, 0.15) is 11.4 Å². The van der Waals surface area contributed by atoms with Crippen molar-refractivity contribution in [2.24, 2.45) is 0 Å². The third-order valence-electron chi connectivity index (χ3n) is 2.71. The first-order valence-corrected chi connectivity index (χ1v) is 7.59. The van der Waals surface area contributed by atoms with Crippen LogP contribution in [0.15, 0.2) is 28.7 Å². The van der Waals surface area contributed by atoms with E-state index in [0.717, 1.165) is 25.1 Å². The minimum absolute atomic E-state index is 0.0840. The van der Waals surface area contributed by atoms with Crippen molar-refractivity contribution in [2.45, 2.75) is 20.4 Å². The molecule has 0 atom stereocenters. The lowest BCUT2D eigenvalue weighted by Crippen LogP contribution is -2.20. The smallest absolute Gasteiger partial charge is 0.246 e. The normalized spacial score (nSPS) is 10.5. The molecule has 0 fully saturated rings. The van der Waals surface area contributed by atoms with Gasteiger partial charge < -0.3 is 5.32 Å². The van der Waals surface area contributed by atoms with Crippen molar-refractivity contribution in [3.05, 3.63) is 43.7 Å². The topological polar surface area (TPSA) is 46.9 Å². The van der Waals surface area contributed by atoms with Crippen LogP contribution in [0.5, 0.6) is 0 Å². The summed E-state index contributed by atoms with van der Waals surface area (Å²) in [6.45, 7) is 4.05. The number of nitrogens with one attached hydrogen (secondary N) is 1. The van der Waals surface area contributed by atoms with Gasteiger partial charge in [0.15, 0.2) is 0 Å². The van der Waals surface area contributed by atoms with E-state index in [-0.39, 0.29) is 12.5 Å². The van der Waals surface area contributed by atoms with E-state index in [2.05, 4.69) is 48.9 Å². The highest BCUT2D eigenvalue weighted by atomic mass is 127. The average Bonchev–Trinajstić information content (AvgIpc) is 2.60. The first-order chi connectivity index (χ1) is 8.97. The van der Waals surface area contributed by atoms with Crippen molar-refractivity contribution in [2.75, 3.05) is 5.32 Å². The van der Waals surface area contributed by atoms with Gasteiger partial charge in [-0.15, -0.1) is 0 Å². The molecule has 1 amide bonds. The molecule has 0 unspecified atom stereocenters. The summed E-state index contributed by atoms with van der Waals surface area (Å²) >= 11 is 5.68. The monoisotopic (exact) mass is 433 g/mol. The number of carbonyl (C=O) groups excluding carboxylic acids is 1. The van der Waals surface area contributed by atoms with Crippen LogP contribution in [0, 0.1) is 17.4 Å². The van der Waals surface area contributed by atoms with Gasteiger partial charge in [-0.05, 0) is 76.6 Å². The number of aryl methyl sites for hydroxylation is 1. The maximum atomic E-state index is 12.0. The molecule has 1 aromatic carbocycles. The number of hydrogen-bond acceptors (Lipinski definition) is 2. The van der Waals surface area contributed by atoms with Crippen LogP contribution in [0.2, 0.25) is 0 Å². The van der Waals surface area contributed by atoms with Crippen LogP contribution in [-0.2, 0) is 11.3 Å². The molecule has 0 spiro atoms. The van der Waals surface area contributed by atoms with E-state index in [1.165, 1.54) is 0 Å². The van der Waals surface area contributed by atoms with E-state index in [1.807, 2.05) is 38.1 Å².